The molecule has 116 valence electrons. The number of nitrogens with zero attached hydrogens (tertiary/aromatic N) is 1. The molecule has 1 fully saturated rings. The summed E-state index contributed by atoms with van der Waals surface area (Å²) in [5.74, 6) is 0.263. The van der Waals surface area contributed by atoms with E-state index < -0.39 is 5.54 Å². The predicted octanol–water partition coefficient (Wildman–Crippen LogP) is 2.72. The molecule has 3 unspecified atom stereocenters. The quantitative estimate of drug-likeness (QED) is 0.814. The Morgan fingerprint density at radius 2 is 1.70 bits per heavy atom. The van der Waals surface area contributed by atoms with Gasteiger partial charge in [0.25, 0.3) is 0 Å². The van der Waals surface area contributed by atoms with Crippen LogP contribution in [-0.4, -0.2) is 34.3 Å². The summed E-state index contributed by atoms with van der Waals surface area (Å²) in [6, 6.07) is -0.224. The fourth-order valence-electron chi connectivity index (χ4n) is 3.05. The number of rotatable bonds is 6. The Morgan fingerprint density at radius 3 is 2.10 bits per heavy atom. The maximum atomic E-state index is 12.9. The average Bonchev–Trinajstić information content (AvgIpc) is 2.46. The molecule has 0 bridgehead atoms. The number of carbonyl (C=O) groups excluding carboxylic acids is 2. The van der Waals surface area contributed by atoms with E-state index >= 15 is 0 Å². The van der Waals surface area contributed by atoms with Crippen molar-refractivity contribution in [1.29, 1.82) is 0 Å². The van der Waals surface area contributed by atoms with Crippen LogP contribution in [0.5, 0.6) is 0 Å². The summed E-state index contributed by atoms with van der Waals surface area (Å²) >= 11 is 0. The molecule has 1 rings (SSSR count). The van der Waals surface area contributed by atoms with E-state index in [9.17, 15) is 9.59 Å². The van der Waals surface area contributed by atoms with Crippen LogP contribution in [0.25, 0.3) is 0 Å². The second-order valence-corrected chi connectivity index (χ2v) is 6.14. The Labute approximate surface area is 123 Å². The van der Waals surface area contributed by atoms with Gasteiger partial charge in [-0.2, -0.15) is 0 Å². The Bertz CT molecular complexity index is 365. The molecule has 0 aromatic heterocycles. The lowest BCUT2D eigenvalue weighted by atomic mass is 9.84. The van der Waals surface area contributed by atoms with E-state index in [1.807, 2.05) is 25.7 Å². The summed E-state index contributed by atoms with van der Waals surface area (Å²) in [5, 5.41) is 2.96. The number of amides is 2. The molecule has 0 radical (unpaired) electrons. The van der Waals surface area contributed by atoms with E-state index in [1.165, 1.54) is 0 Å². The van der Waals surface area contributed by atoms with Crippen LogP contribution in [0.4, 0.5) is 0 Å². The zero-order valence-corrected chi connectivity index (χ0v) is 13.8. The molecule has 0 aromatic rings. The standard InChI is InChI=1S/C16H30N2O2/c1-7-11(5)13-14(19)18(12(8-2)9-3)16(6,10-4)15(20)17-13/h11-13H,7-10H2,1-6H3,(H,17,20). The number of carbonyl (C=O) groups is 2. The minimum Gasteiger partial charge on any atom is -0.342 e. The van der Waals surface area contributed by atoms with Gasteiger partial charge in [-0.3, -0.25) is 9.59 Å². The molecule has 0 aromatic carbocycles. The van der Waals surface area contributed by atoms with Crippen molar-refractivity contribution in [1.82, 2.24) is 10.2 Å². The highest BCUT2D eigenvalue weighted by atomic mass is 16.2. The Balaban J connectivity index is 3.21. The SMILES string of the molecule is CCC(C)C1NC(=O)C(C)(CC)N(C(CC)CC)C1=O. The van der Waals surface area contributed by atoms with Gasteiger partial charge in [0, 0.05) is 6.04 Å². The summed E-state index contributed by atoms with van der Waals surface area (Å²) in [5.41, 5.74) is -0.711. The first kappa shape index (κ1) is 17.0. The second kappa shape index (κ2) is 6.59. The highest BCUT2D eigenvalue weighted by Crippen LogP contribution is 2.31. The van der Waals surface area contributed by atoms with E-state index in [0.29, 0.717) is 6.42 Å². The molecule has 1 N–H and O–H groups in total. The molecule has 1 heterocycles. The number of nitrogens with one attached hydrogen (secondary N) is 1. The fourth-order valence-corrected chi connectivity index (χ4v) is 3.05. The summed E-state index contributed by atoms with van der Waals surface area (Å²) in [6.45, 7) is 12.1. The summed E-state index contributed by atoms with van der Waals surface area (Å²) in [7, 11) is 0. The van der Waals surface area contributed by atoms with E-state index in [-0.39, 0.29) is 29.8 Å². The van der Waals surface area contributed by atoms with Crippen molar-refractivity contribution in [2.75, 3.05) is 0 Å². The van der Waals surface area contributed by atoms with Gasteiger partial charge in [0.15, 0.2) is 0 Å². The molecule has 20 heavy (non-hydrogen) atoms. The summed E-state index contributed by atoms with van der Waals surface area (Å²) in [6.07, 6.45) is 3.31. The van der Waals surface area contributed by atoms with Crippen LogP contribution in [0, 0.1) is 5.92 Å². The highest BCUT2D eigenvalue weighted by molar-refractivity contribution is 5.99. The van der Waals surface area contributed by atoms with Crippen LogP contribution in [0.1, 0.15) is 67.2 Å². The summed E-state index contributed by atoms with van der Waals surface area (Å²) in [4.78, 5) is 27.4. The molecule has 0 spiro atoms. The van der Waals surface area contributed by atoms with E-state index in [4.69, 9.17) is 0 Å². The highest BCUT2D eigenvalue weighted by Gasteiger charge is 2.51. The molecule has 2 amide bonds. The van der Waals surface area contributed by atoms with Crippen LogP contribution in [0.3, 0.4) is 0 Å². The number of hydrogen-bond acceptors (Lipinski definition) is 2. The van der Waals surface area contributed by atoms with Crippen LogP contribution >= 0.6 is 0 Å². The molecule has 1 saturated heterocycles. The molecule has 1 aliphatic rings. The van der Waals surface area contributed by atoms with Crippen molar-refractivity contribution in [2.45, 2.75) is 84.8 Å². The third kappa shape index (κ3) is 2.70. The second-order valence-electron chi connectivity index (χ2n) is 6.14. The van der Waals surface area contributed by atoms with Gasteiger partial charge in [-0.05, 0) is 32.1 Å². The lowest BCUT2D eigenvalue weighted by molar-refractivity contribution is -0.162. The van der Waals surface area contributed by atoms with Gasteiger partial charge in [0.1, 0.15) is 11.6 Å². The normalized spacial score (nSPS) is 28.8. The fraction of sp³-hybridized carbons (Fsp3) is 0.875. The van der Waals surface area contributed by atoms with Gasteiger partial charge in [-0.25, -0.2) is 0 Å². The molecule has 3 atom stereocenters. The Morgan fingerprint density at radius 1 is 1.15 bits per heavy atom. The van der Waals surface area contributed by atoms with Gasteiger partial charge >= 0.3 is 0 Å². The largest absolute Gasteiger partial charge is 0.342 e. The first-order valence-electron chi connectivity index (χ1n) is 8.01. The topological polar surface area (TPSA) is 49.4 Å². The maximum absolute atomic E-state index is 12.9. The van der Waals surface area contributed by atoms with Gasteiger partial charge in [0.05, 0.1) is 0 Å². The van der Waals surface area contributed by atoms with Crippen LogP contribution in [0.2, 0.25) is 0 Å². The van der Waals surface area contributed by atoms with Crippen LogP contribution < -0.4 is 5.32 Å². The molecular formula is C16H30N2O2. The van der Waals surface area contributed by atoms with Crippen molar-refractivity contribution in [2.24, 2.45) is 5.92 Å². The van der Waals surface area contributed by atoms with Crippen molar-refractivity contribution >= 4 is 11.8 Å². The first-order valence-corrected chi connectivity index (χ1v) is 8.01. The average molecular weight is 282 g/mol. The van der Waals surface area contributed by atoms with E-state index in [1.54, 1.807) is 0 Å². The molecule has 0 aliphatic carbocycles. The van der Waals surface area contributed by atoms with E-state index in [2.05, 4.69) is 26.1 Å². The minimum atomic E-state index is -0.711. The lowest BCUT2D eigenvalue weighted by Gasteiger charge is -2.50. The van der Waals surface area contributed by atoms with Gasteiger partial charge in [0.2, 0.25) is 11.8 Å². The zero-order chi connectivity index (χ0) is 15.5. The number of hydrogen-bond donors (Lipinski definition) is 1. The van der Waals surface area contributed by atoms with E-state index in [0.717, 1.165) is 19.3 Å². The third-order valence-electron chi connectivity index (χ3n) is 5.02. The van der Waals surface area contributed by atoms with Crippen molar-refractivity contribution in [3.63, 3.8) is 0 Å². The summed E-state index contributed by atoms with van der Waals surface area (Å²) < 4.78 is 0. The minimum absolute atomic E-state index is 0.00296. The maximum Gasteiger partial charge on any atom is 0.246 e. The molecule has 4 nitrogen and oxygen atoms in total. The van der Waals surface area contributed by atoms with Crippen molar-refractivity contribution < 1.29 is 9.59 Å². The Hall–Kier alpha value is -1.06. The van der Waals surface area contributed by atoms with Gasteiger partial charge in [-0.1, -0.05) is 41.0 Å². The lowest BCUT2D eigenvalue weighted by Crippen LogP contribution is -2.72. The van der Waals surface area contributed by atoms with Crippen molar-refractivity contribution in [3.8, 4) is 0 Å². The zero-order valence-electron chi connectivity index (χ0n) is 13.8. The van der Waals surface area contributed by atoms with Gasteiger partial charge in [-0.15, -0.1) is 0 Å². The number of piperazine rings is 1. The smallest absolute Gasteiger partial charge is 0.246 e. The molecular weight excluding hydrogens is 252 g/mol. The third-order valence-corrected chi connectivity index (χ3v) is 5.02. The van der Waals surface area contributed by atoms with Crippen LogP contribution in [-0.2, 0) is 9.59 Å². The predicted molar refractivity (Wildman–Crippen MR) is 81.3 cm³/mol. The van der Waals surface area contributed by atoms with Crippen LogP contribution in [0.15, 0.2) is 0 Å². The monoisotopic (exact) mass is 282 g/mol. The molecule has 1 aliphatic heterocycles. The molecule has 4 heteroatoms. The molecule has 0 saturated carbocycles. The Kier molecular flexibility index (Phi) is 5.60. The van der Waals surface area contributed by atoms with Crippen molar-refractivity contribution in [3.05, 3.63) is 0 Å². The first-order chi connectivity index (χ1) is 9.37. The van der Waals surface area contributed by atoms with Gasteiger partial charge < -0.3 is 10.2 Å².